The van der Waals surface area contributed by atoms with Crippen LogP contribution in [0.3, 0.4) is 0 Å². The zero-order chi connectivity index (χ0) is 13.1. The van der Waals surface area contributed by atoms with Crippen molar-refractivity contribution < 1.29 is 9.53 Å². The summed E-state index contributed by atoms with van der Waals surface area (Å²) in [5.74, 6) is -0.281. The molecule has 0 heterocycles. The number of fused-ring (bicyclic) bond motifs is 1. The van der Waals surface area contributed by atoms with Crippen molar-refractivity contribution in [2.24, 2.45) is 0 Å². The van der Waals surface area contributed by atoms with Gasteiger partial charge in [0.1, 0.15) is 0 Å². The number of benzene rings is 2. The highest BCUT2D eigenvalue weighted by atomic mass is 35.5. The minimum absolute atomic E-state index is 0.204. The number of carbonyl (C=O) groups excluding carboxylic acids is 1. The normalized spacial score (nSPS) is 10.6. The van der Waals surface area contributed by atoms with Crippen LogP contribution >= 0.6 is 23.4 Å². The molecule has 0 saturated heterocycles. The number of hydrogen-bond donors (Lipinski definition) is 0. The van der Waals surface area contributed by atoms with Gasteiger partial charge in [0.05, 0.1) is 18.6 Å². The van der Waals surface area contributed by atoms with Gasteiger partial charge >= 0.3 is 5.97 Å². The molecule has 2 aromatic carbocycles. The maximum atomic E-state index is 11.3. The summed E-state index contributed by atoms with van der Waals surface area (Å²) in [4.78, 5) is 12.5. The van der Waals surface area contributed by atoms with E-state index in [-0.39, 0.29) is 12.4 Å². The van der Waals surface area contributed by atoms with Gasteiger partial charge < -0.3 is 4.74 Å². The Kier molecular flexibility index (Phi) is 4.15. The van der Waals surface area contributed by atoms with E-state index in [1.807, 2.05) is 30.5 Å². The van der Waals surface area contributed by atoms with Crippen molar-refractivity contribution in [3.63, 3.8) is 0 Å². The monoisotopic (exact) mass is 280 g/mol. The third-order valence-corrected chi connectivity index (χ3v) is 3.98. The van der Waals surface area contributed by atoms with Crippen LogP contribution in [0.1, 0.15) is 5.56 Å². The topological polar surface area (TPSA) is 26.3 Å². The van der Waals surface area contributed by atoms with Crippen molar-refractivity contribution >= 4 is 40.1 Å². The number of rotatable bonds is 3. The SMILES string of the molecule is COC(=O)Cc1ccc2cc(SC)ccc2c1Cl. The van der Waals surface area contributed by atoms with Crippen molar-refractivity contribution in [3.8, 4) is 0 Å². The van der Waals surface area contributed by atoms with Crippen LogP contribution in [-0.4, -0.2) is 19.3 Å². The first-order chi connectivity index (χ1) is 8.65. The third-order valence-electron chi connectivity index (χ3n) is 2.80. The van der Waals surface area contributed by atoms with Crippen molar-refractivity contribution in [2.45, 2.75) is 11.3 Å². The molecule has 0 saturated carbocycles. The molecule has 0 spiro atoms. The Morgan fingerprint density at radius 3 is 2.78 bits per heavy atom. The van der Waals surface area contributed by atoms with Crippen LogP contribution in [0.25, 0.3) is 10.8 Å². The predicted molar refractivity (Wildman–Crippen MR) is 76.5 cm³/mol. The van der Waals surface area contributed by atoms with E-state index in [0.717, 1.165) is 16.3 Å². The van der Waals surface area contributed by atoms with Gasteiger partial charge in [0.15, 0.2) is 0 Å². The number of carbonyl (C=O) groups is 1. The highest BCUT2D eigenvalue weighted by Crippen LogP contribution is 2.30. The van der Waals surface area contributed by atoms with Crippen molar-refractivity contribution in [1.82, 2.24) is 0 Å². The molecule has 2 aromatic rings. The summed E-state index contributed by atoms with van der Waals surface area (Å²) in [5, 5.41) is 2.68. The fourth-order valence-electron chi connectivity index (χ4n) is 1.81. The Bertz CT molecular complexity index is 596. The van der Waals surface area contributed by atoms with E-state index >= 15 is 0 Å². The molecule has 0 bridgehead atoms. The molecule has 0 radical (unpaired) electrons. The second-order valence-corrected chi connectivity index (χ2v) is 5.14. The molecule has 4 heteroatoms. The Hall–Kier alpha value is -1.19. The molecule has 0 aromatic heterocycles. The van der Waals surface area contributed by atoms with Gasteiger partial charge in [-0.15, -0.1) is 11.8 Å². The van der Waals surface area contributed by atoms with Crippen molar-refractivity contribution in [3.05, 3.63) is 40.9 Å². The van der Waals surface area contributed by atoms with E-state index in [0.29, 0.717) is 5.02 Å². The van der Waals surface area contributed by atoms with Gasteiger partial charge in [0, 0.05) is 10.3 Å². The summed E-state index contributed by atoms with van der Waals surface area (Å²) in [6.45, 7) is 0. The van der Waals surface area contributed by atoms with Crippen LogP contribution < -0.4 is 0 Å². The molecule has 0 aliphatic rings. The van der Waals surface area contributed by atoms with Crippen LogP contribution in [0.2, 0.25) is 5.02 Å². The molecule has 94 valence electrons. The molecular formula is C14H13ClO2S. The summed E-state index contributed by atoms with van der Waals surface area (Å²) in [7, 11) is 1.38. The Labute approximate surface area is 115 Å². The third kappa shape index (κ3) is 2.62. The van der Waals surface area contributed by atoms with E-state index in [2.05, 4.69) is 10.8 Å². The van der Waals surface area contributed by atoms with Crippen molar-refractivity contribution in [1.29, 1.82) is 0 Å². The molecule has 18 heavy (non-hydrogen) atoms. The van der Waals surface area contributed by atoms with E-state index in [1.165, 1.54) is 12.0 Å². The fraction of sp³-hybridized carbons (Fsp3) is 0.214. The van der Waals surface area contributed by atoms with Crippen LogP contribution in [0.15, 0.2) is 35.2 Å². The number of hydrogen-bond acceptors (Lipinski definition) is 3. The van der Waals surface area contributed by atoms with E-state index in [9.17, 15) is 4.79 Å². The molecule has 2 rings (SSSR count). The van der Waals surface area contributed by atoms with Crippen molar-refractivity contribution in [2.75, 3.05) is 13.4 Å². The van der Waals surface area contributed by atoms with Gasteiger partial charge in [0.25, 0.3) is 0 Å². The van der Waals surface area contributed by atoms with Crippen LogP contribution in [0, 0.1) is 0 Å². The Morgan fingerprint density at radius 2 is 2.11 bits per heavy atom. The Morgan fingerprint density at radius 1 is 1.33 bits per heavy atom. The molecule has 0 atom stereocenters. The first kappa shape index (κ1) is 13.2. The zero-order valence-electron chi connectivity index (χ0n) is 10.2. The molecular weight excluding hydrogens is 268 g/mol. The van der Waals surface area contributed by atoms with Crippen LogP contribution in [0.5, 0.6) is 0 Å². The molecule has 0 aliphatic heterocycles. The Balaban J connectivity index is 2.47. The maximum absolute atomic E-state index is 11.3. The maximum Gasteiger partial charge on any atom is 0.310 e. The molecule has 0 amide bonds. The van der Waals surface area contributed by atoms with Crippen LogP contribution in [0.4, 0.5) is 0 Å². The van der Waals surface area contributed by atoms with E-state index in [4.69, 9.17) is 11.6 Å². The predicted octanol–water partition coefficient (Wildman–Crippen LogP) is 3.93. The number of ether oxygens (including phenoxy) is 1. The molecule has 2 nitrogen and oxygen atoms in total. The highest BCUT2D eigenvalue weighted by molar-refractivity contribution is 7.98. The van der Waals surface area contributed by atoms with Gasteiger partial charge in [-0.3, -0.25) is 4.79 Å². The highest BCUT2D eigenvalue weighted by Gasteiger charge is 2.10. The molecule has 0 N–H and O–H groups in total. The second-order valence-electron chi connectivity index (χ2n) is 3.88. The first-order valence-electron chi connectivity index (χ1n) is 5.47. The fourth-order valence-corrected chi connectivity index (χ4v) is 2.56. The van der Waals surface area contributed by atoms with Gasteiger partial charge in [-0.1, -0.05) is 29.8 Å². The summed E-state index contributed by atoms with van der Waals surface area (Å²) in [6, 6.07) is 9.98. The number of methoxy groups -OCH3 is 1. The molecule has 0 fully saturated rings. The van der Waals surface area contributed by atoms with E-state index < -0.39 is 0 Å². The summed E-state index contributed by atoms with van der Waals surface area (Å²) < 4.78 is 4.66. The summed E-state index contributed by atoms with van der Waals surface area (Å²) >= 11 is 8.01. The van der Waals surface area contributed by atoms with Gasteiger partial charge in [-0.2, -0.15) is 0 Å². The lowest BCUT2D eigenvalue weighted by molar-refractivity contribution is -0.139. The smallest absolute Gasteiger partial charge is 0.310 e. The summed E-state index contributed by atoms with van der Waals surface area (Å²) in [5.41, 5.74) is 0.799. The van der Waals surface area contributed by atoms with Gasteiger partial charge in [-0.05, 0) is 29.3 Å². The largest absolute Gasteiger partial charge is 0.469 e. The van der Waals surface area contributed by atoms with Gasteiger partial charge in [0.2, 0.25) is 0 Å². The average molecular weight is 281 g/mol. The molecule has 0 aliphatic carbocycles. The zero-order valence-corrected chi connectivity index (χ0v) is 11.8. The lowest BCUT2D eigenvalue weighted by atomic mass is 10.0. The van der Waals surface area contributed by atoms with Gasteiger partial charge in [-0.25, -0.2) is 0 Å². The first-order valence-corrected chi connectivity index (χ1v) is 7.08. The number of thioether (sulfide) groups is 1. The quantitative estimate of drug-likeness (QED) is 0.629. The second kappa shape index (κ2) is 5.63. The number of halogens is 1. The van der Waals surface area contributed by atoms with E-state index in [1.54, 1.807) is 11.8 Å². The lowest BCUT2D eigenvalue weighted by Gasteiger charge is -2.08. The molecule has 0 unspecified atom stereocenters. The summed E-state index contributed by atoms with van der Waals surface area (Å²) in [6.07, 6.45) is 2.24. The number of esters is 1. The lowest BCUT2D eigenvalue weighted by Crippen LogP contribution is -2.04. The minimum Gasteiger partial charge on any atom is -0.469 e. The average Bonchev–Trinajstić information content (AvgIpc) is 2.41. The minimum atomic E-state index is -0.281. The van der Waals surface area contributed by atoms with Crippen LogP contribution in [-0.2, 0) is 16.0 Å². The standard InChI is InChI=1S/C14H13ClO2S/c1-17-13(16)8-10-4-3-9-7-11(18-2)5-6-12(9)14(10)15/h3-7H,8H2,1-2H3.